The summed E-state index contributed by atoms with van der Waals surface area (Å²) in [5, 5.41) is 9.90. The third kappa shape index (κ3) is 2.49. The molecule has 2 aliphatic carbocycles. The summed E-state index contributed by atoms with van der Waals surface area (Å²) in [5.74, 6) is 1.08. The lowest BCUT2D eigenvalue weighted by Gasteiger charge is -2.16. The Kier molecular flexibility index (Phi) is 3.50. The molecule has 0 aromatic heterocycles. The number of halogens is 1. The van der Waals surface area contributed by atoms with E-state index in [4.69, 9.17) is 16.3 Å². The minimum absolute atomic E-state index is 0.0478. The number of fused-ring (bicyclic) bond motifs is 1. The molecule has 0 amide bonds. The third-order valence-corrected chi connectivity index (χ3v) is 4.44. The number of aliphatic hydroxyl groups is 1. The fraction of sp³-hybridized carbons (Fsp3) is 0.533. The number of aliphatic hydroxyl groups excluding tert-OH is 1. The van der Waals surface area contributed by atoms with Crippen LogP contribution in [0.1, 0.15) is 35.2 Å². The van der Waals surface area contributed by atoms with Gasteiger partial charge in [0.15, 0.2) is 5.78 Å². The SMILES string of the molecule is O=C1CCc2c(OC[C@@H]3C[C@H](Cl)C[C@H]3O)cccc21. The number of ketones is 1. The highest BCUT2D eigenvalue weighted by molar-refractivity contribution is 6.20. The van der Waals surface area contributed by atoms with Crippen LogP contribution in [0.3, 0.4) is 0 Å². The van der Waals surface area contributed by atoms with Gasteiger partial charge in [-0.15, -0.1) is 11.6 Å². The second kappa shape index (κ2) is 5.14. The smallest absolute Gasteiger partial charge is 0.163 e. The van der Waals surface area contributed by atoms with E-state index >= 15 is 0 Å². The van der Waals surface area contributed by atoms with Gasteiger partial charge in [0.1, 0.15) is 5.75 Å². The van der Waals surface area contributed by atoms with E-state index in [9.17, 15) is 9.90 Å². The number of benzene rings is 1. The van der Waals surface area contributed by atoms with Crippen LogP contribution in [0.2, 0.25) is 0 Å². The third-order valence-electron chi connectivity index (χ3n) is 4.09. The highest BCUT2D eigenvalue weighted by Gasteiger charge is 2.32. The standard InChI is InChI=1S/C15H17ClO3/c16-10-6-9(14(18)7-10)8-19-15-3-1-2-11-12(15)4-5-13(11)17/h1-3,9-10,14,18H,4-8H2/t9-,10-,14+/m0/s1. The quantitative estimate of drug-likeness (QED) is 0.866. The fourth-order valence-corrected chi connectivity index (χ4v) is 3.42. The number of hydrogen-bond acceptors (Lipinski definition) is 3. The van der Waals surface area contributed by atoms with Crippen molar-refractivity contribution >= 4 is 17.4 Å². The van der Waals surface area contributed by atoms with Crippen LogP contribution in [-0.4, -0.2) is 29.0 Å². The van der Waals surface area contributed by atoms with Gasteiger partial charge in [-0.25, -0.2) is 0 Å². The first-order valence-electron chi connectivity index (χ1n) is 6.75. The highest BCUT2D eigenvalue weighted by Crippen LogP contribution is 2.33. The number of rotatable bonds is 3. The second-order valence-electron chi connectivity index (χ2n) is 5.41. The summed E-state index contributed by atoms with van der Waals surface area (Å²) < 4.78 is 5.83. The average Bonchev–Trinajstić information content (AvgIpc) is 2.91. The van der Waals surface area contributed by atoms with Crippen molar-refractivity contribution in [2.45, 2.75) is 37.2 Å². The second-order valence-corrected chi connectivity index (χ2v) is 6.03. The summed E-state index contributed by atoms with van der Waals surface area (Å²) in [5.41, 5.74) is 1.81. The Morgan fingerprint density at radius 2 is 2.16 bits per heavy atom. The maximum atomic E-state index is 11.7. The molecule has 3 atom stereocenters. The summed E-state index contributed by atoms with van der Waals surface area (Å²) >= 11 is 6.04. The van der Waals surface area contributed by atoms with Gasteiger partial charge in [0.05, 0.1) is 12.7 Å². The van der Waals surface area contributed by atoms with E-state index in [-0.39, 0.29) is 23.2 Å². The normalized spacial score (nSPS) is 29.6. The molecule has 2 aliphatic rings. The van der Waals surface area contributed by atoms with E-state index in [0.717, 1.165) is 29.7 Å². The van der Waals surface area contributed by atoms with E-state index in [2.05, 4.69) is 0 Å². The maximum absolute atomic E-state index is 11.7. The molecule has 4 heteroatoms. The molecule has 0 radical (unpaired) electrons. The van der Waals surface area contributed by atoms with Crippen molar-refractivity contribution in [2.24, 2.45) is 5.92 Å². The Labute approximate surface area is 117 Å². The molecule has 0 aliphatic heterocycles. The van der Waals surface area contributed by atoms with Gasteiger partial charge >= 0.3 is 0 Å². The lowest BCUT2D eigenvalue weighted by Crippen LogP contribution is -2.20. The van der Waals surface area contributed by atoms with Crippen LogP contribution >= 0.6 is 11.6 Å². The lowest BCUT2D eigenvalue weighted by molar-refractivity contribution is 0.0978. The van der Waals surface area contributed by atoms with Gasteiger partial charge in [-0.05, 0) is 25.3 Å². The molecule has 0 heterocycles. The number of carbonyl (C=O) groups excluding carboxylic acids is 1. The molecule has 1 aromatic carbocycles. The molecule has 102 valence electrons. The van der Waals surface area contributed by atoms with E-state index in [1.165, 1.54) is 0 Å². The molecule has 3 rings (SSSR count). The number of hydrogen-bond donors (Lipinski definition) is 1. The molecular formula is C15H17ClO3. The molecular weight excluding hydrogens is 264 g/mol. The molecule has 1 fully saturated rings. The zero-order chi connectivity index (χ0) is 13.4. The Bertz CT molecular complexity index is 500. The molecule has 0 unspecified atom stereocenters. The summed E-state index contributed by atoms with van der Waals surface area (Å²) in [4.78, 5) is 11.7. The molecule has 0 saturated heterocycles. The van der Waals surface area contributed by atoms with Crippen LogP contribution in [0.5, 0.6) is 5.75 Å². The van der Waals surface area contributed by atoms with Crippen molar-refractivity contribution in [2.75, 3.05) is 6.61 Å². The molecule has 3 nitrogen and oxygen atoms in total. The molecule has 1 aromatic rings. The number of ether oxygens (including phenoxy) is 1. The first-order valence-corrected chi connectivity index (χ1v) is 7.19. The largest absolute Gasteiger partial charge is 0.493 e. The van der Waals surface area contributed by atoms with Crippen molar-refractivity contribution in [1.82, 2.24) is 0 Å². The van der Waals surface area contributed by atoms with Crippen molar-refractivity contribution < 1.29 is 14.6 Å². The summed E-state index contributed by atoms with van der Waals surface area (Å²) in [6.07, 6.45) is 2.39. The van der Waals surface area contributed by atoms with Crippen LogP contribution < -0.4 is 4.74 Å². The van der Waals surface area contributed by atoms with Crippen LogP contribution in [0.4, 0.5) is 0 Å². The average molecular weight is 281 g/mol. The van der Waals surface area contributed by atoms with Crippen molar-refractivity contribution in [3.63, 3.8) is 0 Å². The van der Waals surface area contributed by atoms with Gasteiger partial charge in [0, 0.05) is 28.8 Å². The van der Waals surface area contributed by atoms with Gasteiger partial charge in [0.2, 0.25) is 0 Å². The predicted molar refractivity (Wildman–Crippen MR) is 73.0 cm³/mol. The van der Waals surface area contributed by atoms with E-state index in [1.807, 2.05) is 18.2 Å². The molecule has 0 bridgehead atoms. The number of carbonyl (C=O) groups is 1. The zero-order valence-electron chi connectivity index (χ0n) is 10.6. The highest BCUT2D eigenvalue weighted by atomic mass is 35.5. The zero-order valence-corrected chi connectivity index (χ0v) is 11.4. The molecule has 1 saturated carbocycles. The van der Waals surface area contributed by atoms with Crippen LogP contribution in [-0.2, 0) is 6.42 Å². The van der Waals surface area contributed by atoms with Gasteiger partial charge in [-0.3, -0.25) is 4.79 Å². The van der Waals surface area contributed by atoms with Crippen molar-refractivity contribution in [3.05, 3.63) is 29.3 Å². The van der Waals surface area contributed by atoms with Crippen molar-refractivity contribution in [1.29, 1.82) is 0 Å². The summed E-state index contributed by atoms with van der Waals surface area (Å²) in [7, 11) is 0. The van der Waals surface area contributed by atoms with Crippen LogP contribution in [0.25, 0.3) is 0 Å². The van der Waals surface area contributed by atoms with E-state index in [1.54, 1.807) is 0 Å². The number of Topliss-reactive ketones (excluding diaryl/α,β-unsaturated/α-hetero) is 1. The van der Waals surface area contributed by atoms with E-state index < -0.39 is 0 Å². The van der Waals surface area contributed by atoms with E-state index in [0.29, 0.717) is 19.4 Å². The predicted octanol–water partition coefficient (Wildman–Crippen LogP) is 2.57. The monoisotopic (exact) mass is 280 g/mol. The summed E-state index contributed by atoms with van der Waals surface area (Å²) in [6.45, 7) is 0.467. The topological polar surface area (TPSA) is 46.5 Å². The molecule has 19 heavy (non-hydrogen) atoms. The van der Waals surface area contributed by atoms with Gasteiger partial charge < -0.3 is 9.84 Å². The molecule has 1 N–H and O–H groups in total. The van der Waals surface area contributed by atoms with Gasteiger partial charge in [-0.2, -0.15) is 0 Å². The van der Waals surface area contributed by atoms with Crippen molar-refractivity contribution in [3.8, 4) is 5.75 Å². The van der Waals surface area contributed by atoms with Gasteiger partial charge in [-0.1, -0.05) is 12.1 Å². The Morgan fingerprint density at radius 1 is 1.32 bits per heavy atom. The lowest BCUT2D eigenvalue weighted by atomic mass is 10.1. The van der Waals surface area contributed by atoms with Crippen LogP contribution in [0, 0.1) is 5.92 Å². The Morgan fingerprint density at radius 3 is 2.89 bits per heavy atom. The summed E-state index contributed by atoms with van der Waals surface area (Å²) in [6, 6.07) is 5.61. The minimum Gasteiger partial charge on any atom is -0.493 e. The first kappa shape index (κ1) is 12.9. The Hall–Kier alpha value is -1.06. The molecule has 0 spiro atoms. The fourth-order valence-electron chi connectivity index (χ4n) is 3.01. The van der Waals surface area contributed by atoms with Crippen LogP contribution in [0.15, 0.2) is 18.2 Å². The first-order chi connectivity index (χ1) is 9.15. The maximum Gasteiger partial charge on any atom is 0.163 e. The Balaban J connectivity index is 1.70. The number of alkyl halides is 1. The minimum atomic E-state index is -0.374. The van der Waals surface area contributed by atoms with Gasteiger partial charge in [0.25, 0.3) is 0 Å².